The van der Waals surface area contributed by atoms with Crippen molar-refractivity contribution in [1.29, 1.82) is 0 Å². The Morgan fingerprint density at radius 2 is 1.17 bits per heavy atom. The van der Waals surface area contributed by atoms with Gasteiger partial charge in [-0.2, -0.15) is 0 Å². The number of nitrogens with zero attached hydrogens (tertiary/aromatic N) is 3. The molecule has 3 heterocycles. The van der Waals surface area contributed by atoms with Crippen molar-refractivity contribution in [3.8, 4) is 5.75 Å². The molecule has 5 N–H and O–H groups in total. The van der Waals surface area contributed by atoms with Gasteiger partial charge in [0.15, 0.2) is 5.78 Å². The Kier molecular flexibility index (Phi) is 22.1. The standard InChI is InChI=1S/C34H46N4O4.C27H36N4O4S/c1-4-28(39)31(29(24-15-8-5-9-16-24)25-17-10-6-11-18-25)37-33(41)27-21-14-22-38(27)34(42)30(26-19-12-7-13-20-26)36-32(40)23(2)35-3;1-17(28-2)25(33)30-23(18-9-5-4-6-10-18)27(34)31-14-8-13-22(31)26-29-21(16-36-26)24(32)19-11-7-12-20(15-19)35-3/h5-6,8-11,15-18,23,26-27,29-31,35H,4,7,12-14,19-22H2,1-3H3,(H,36,40)(H,37,41);7,11-12,15-18,22-23,28H,4-6,8-10,13-14H2,1-3H3,(H,30,33). The maximum absolute atomic E-state index is 14.1. The van der Waals surface area contributed by atoms with Crippen LogP contribution >= 0.6 is 11.3 Å². The normalized spacial score (nSPS) is 19.8. The first-order valence-corrected chi connectivity index (χ1v) is 29.3. The number of hydrogen-bond donors (Lipinski definition) is 5. The molecule has 8 rings (SSSR count). The third-order valence-corrected chi connectivity index (χ3v) is 17.4. The highest BCUT2D eigenvalue weighted by Gasteiger charge is 2.44. The van der Waals surface area contributed by atoms with Crippen LogP contribution < -0.4 is 31.3 Å². The summed E-state index contributed by atoms with van der Waals surface area (Å²) in [5, 5.41) is 17.6. The highest BCUT2D eigenvalue weighted by atomic mass is 32.1. The minimum atomic E-state index is -0.782. The molecule has 0 spiro atoms. The van der Waals surface area contributed by atoms with Crippen LogP contribution in [-0.4, -0.2) is 126 Å². The van der Waals surface area contributed by atoms with E-state index in [0.29, 0.717) is 42.9 Å². The van der Waals surface area contributed by atoms with Gasteiger partial charge in [-0.15, -0.1) is 11.3 Å². The summed E-state index contributed by atoms with van der Waals surface area (Å²) in [7, 11) is 5.03. The molecule has 4 aromatic rings. The maximum atomic E-state index is 14.1. The lowest BCUT2D eigenvalue weighted by atomic mass is 9.82. The molecular weight excluding hydrogens is 1000 g/mol. The van der Waals surface area contributed by atoms with Crippen molar-refractivity contribution in [2.75, 3.05) is 34.3 Å². The molecule has 2 aliphatic carbocycles. The number of carbonyl (C=O) groups excluding carboxylic acids is 7. The summed E-state index contributed by atoms with van der Waals surface area (Å²) in [6.45, 7) is 6.45. The number of carbonyl (C=O) groups is 7. The molecule has 7 unspecified atom stereocenters. The lowest BCUT2D eigenvalue weighted by Gasteiger charge is -2.36. The second-order valence-corrected chi connectivity index (χ2v) is 22.3. The van der Waals surface area contributed by atoms with E-state index in [1.54, 1.807) is 69.6 Å². The van der Waals surface area contributed by atoms with Gasteiger partial charge in [-0.25, -0.2) is 4.98 Å². The number of amides is 5. The van der Waals surface area contributed by atoms with E-state index in [-0.39, 0.29) is 77.4 Å². The zero-order valence-corrected chi connectivity index (χ0v) is 47.3. The van der Waals surface area contributed by atoms with Crippen LogP contribution in [0.15, 0.2) is 90.3 Å². The van der Waals surface area contributed by atoms with E-state index in [0.717, 1.165) is 86.8 Å². The maximum Gasteiger partial charge on any atom is 0.246 e. The lowest BCUT2D eigenvalue weighted by molar-refractivity contribution is -0.143. The first-order chi connectivity index (χ1) is 37.8. The second kappa shape index (κ2) is 29.1. The summed E-state index contributed by atoms with van der Waals surface area (Å²) in [4.78, 5) is 102. The minimum absolute atomic E-state index is 0.0306. The molecule has 7 atom stereocenters. The van der Waals surface area contributed by atoms with Gasteiger partial charge in [-0.3, -0.25) is 33.6 Å². The summed E-state index contributed by atoms with van der Waals surface area (Å²) in [5.41, 5.74) is 2.77. The lowest BCUT2D eigenvalue weighted by Crippen LogP contribution is -2.59. The average molecular weight is 1090 g/mol. The summed E-state index contributed by atoms with van der Waals surface area (Å²) in [6.07, 6.45) is 13.3. The number of nitrogens with one attached hydrogen (secondary N) is 5. The number of Topliss-reactive ketones (excluding diaryl/α,β-unsaturated/α-hetero) is 1. The third-order valence-electron chi connectivity index (χ3n) is 16.4. The summed E-state index contributed by atoms with van der Waals surface area (Å²) < 4.78 is 5.24. The Bertz CT molecular complexity index is 2600. The van der Waals surface area contributed by atoms with Crippen molar-refractivity contribution < 1.29 is 38.3 Å². The largest absolute Gasteiger partial charge is 0.497 e. The third kappa shape index (κ3) is 14.9. The number of ketones is 2. The predicted molar refractivity (Wildman–Crippen MR) is 303 cm³/mol. The van der Waals surface area contributed by atoms with Crippen LogP contribution in [0.5, 0.6) is 5.75 Å². The van der Waals surface area contributed by atoms with Crippen molar-refractivity contribution in [3.05, 3.63) is 118 Å². The molecule has 2 saturated heterocycles. The summed E-state index contributed by atoms with van der Waals surface area (Å²) >= 11 is 1.42. The number of benzene rings is 3. The van der Waals surface area contributed by atoms with Gasteiger partial charge in [0.05, 0.1) is 31.3 Å². The Balaban J connectivity index is 0.000000229. The molecule has 2 saturated carbocycles. The monoisotopic (exact) mass is 1090 g/mol. The van der Waals surface area contributed by atoms with Crippen LogP contribution in [-0.2, 0) is 28.8 Å². The van der Waals surface area contributed by atoms with E-state index in [4.69, 9.17) is 4.74 Å². The van der Waals surface area contributed by atoms with Crippen LogP contribution in [0.1, 0.15) is 161 Å². The molecule has 0 radical (unpaired) electrons. The van der Waals surface area contributed by atoms with Crippen molar-refractivity contribution in [2.24, 2.45) is 11.8 Å². The van der Waals surface area contributed by atoms with E-state index in [1.165, 1.54) is 17.8 Å². The van der Waals surface area contributed by atoms with Crippen molar-refractivity contribution in [3.63, 3.8) is 0 Å². The Hall–Kier alpha value is -6.30. The summed E-state index contributed by atoms with van der Waals surface area (Å²) in [6, 6.07) is 22.9. The zero-order chi connectivity index (χ0) is 55.7. The zero-order valence-electron chi connectivity index (χ0n) is 46.5. The molecule has 78 heavy (non-hydrogen) atoms. The minimum Gasteiger partial charge on any atom is -0.497 e. The fourth-order valence-electron chi connectivity index (χ4n) is 11.6. The highest BCUT2D eigenvalue weighted by molar-refractivity contribution is 7.10. The molecule has 4 aliphatic rings. The molecule has 3 aromatic carbocycles. The predicted octanol–water partition coefficient (Wildman–Crippen LogP) is 7.67. The Morgan fingerprint density at radius 3 is 1.69 bits per heavy atom. The Morgan fingerprint density at radius 1 is 0.641 bits per heavy atom. The van der Waals surface area contributed by atoms with E-state index >= 15 is 0 Å². The second-order valence-electron chi connectivity index (χ2n) is 21.4. The van der Waals surface area contributed by atoms with Gasteiger partial charge in [-0.1, -0.05) is 118 Å². The Labute approximate surface area is 465 Å². The molecule has 0 bridgehead atoms. The first kappa shape index (κ1) is 59.4. The molecule has 1 aromatic heterocycles. The van der Waals surface area contributed by atoms with Gasteiger partial charge >= 0.3 is 0 Å². The fraction of sp³-hybridized carbons (Fsp3) is 0.541. The smallest absolute Gasteiger partial charge is 0.246 e. The van der Waals surface area contributed by atoms with Crippen molar-refractivity contribution in [2.45, 2.75) is 165 Å². The van der Waals surface area contributed by atoms with E-state index in [9.17, 15) is 33.6 Å². The van der Waals surface area contributed by atoms with E-state index in [1.807, 2.05) is 72.5 Å². The van der Waals surface area contributed by atoms with Crippen LogP contribution in [0.25, 0.3) is 0 Å². The van der Waals surface area contributed by atoms with Crippen LogP contribution in [0.3, 0.4) is 0 Å². The van der Waals surface area contributed by atoms with E-state index < -0.39 is 30.2 Å². The molecule has 5 amide bonds. The number of rotatable bonds is 21. The van der Waals surface area contributed by atoms with Crippen LogP contribution in [0.4, 0.5) is 0 Å². The number of aromatic nitrogens is 1. The molecular formula is C61H82N8O8S. The van der Waals surface area contributed by atoms with Gasteiger partial charge in [0, 0.05) is 36.4 Å². The highest BCUT2D eigenvalue weighted by Crippen LogP contribution is 2.37. The molecule has 16 nitrogen and oxygen atoms in total. The molecule has 2 aliphatic heterocycles. The first-order valence-electron chi connectivity index (χ1n) is 28.4. The quantitative estimate of drug-likeness (QED) is 0.0512. The van der Waals surface area contributed by atoms with Crippen LogP contribution in [0.2, 0.25) is 0 Å². The number of hydrogen-bond acceptors (Lipinski definition) is 12. The molecule has 420 valence electrons. The number of ether oxygens (including phenoxy) is 1. The SMILES string of the molecule is CCC(=O)C(NC(=O)C1CCCN1C(=O)C(NC(=O)C(C)NC)C1CCCCC1)C(c1ccccc1)c1ccccc1.CNC(C)C(=O)NC(C(=O)N1CCCC1c1nc(C(=O)c2cccc(OC)c2)cs1)C1CCCCC1. The van der Waals surface area contributed by atoms with Crippen LogP contribution in [0, 0.1) is 11.8 Å². The summed E-state index contributed by atoms with van der Waals surface area (Å²) in [5.74, 6) is -0.720. The topological polar surface area (TPSA) is 208 Å². The molecule has 17 heteroatoms. The van der Waals surface area contributed by atoms with Gasteiger partial charge in [0.2, 0.25) is 35.3 Å². The number of methoxy groups -OCH3 is 1. The van der Waals surface area contributed by atoms with E-state index in [2.05, 4.69) is 31.6 Å². The van der Waals surface area contributed by atoms with Crippen molar-refractivity contribution in [1.82, 2.24) is 41.4 Å². The fourth-order valence-corrected chi connectivity index (χ4v) is 12.6. The average Bonchev–Trinajstić information content (AvgIpc) is 4.32. The van der Waals surface area contributed by atoms with Gasteiger partial charge < -0.3 is 41.1 Å². The number of likely N-dealkylation sites (tertiary alicyclic amines) is 2. The van der Waals surface area contributed by atoms with Crippen molar-refractivity contribution >= 4 is 52.4 Å². The van der Waals surface area contributed by atoms with Gasteiger partial charge in [0.25, 0.3) is 0 Å². The number of thiazole rings is 1. The van der Waals surface area contributed by atoms with Gasteiger partial charge in [-0.05, 0) is 114 Å². The number of likely N-dealkylation sites (N-methyl/N-ethyl adjacent to an activating group) is 2. The van der Waals surface area contributed by atoms with Gasteiger partial charge in [0.1, 0.15) is 34.6 Å². The molecule has 4 fully saturated rings.